The number of aliphatic hydroxyl groups excluding tert-OH is 1. The van der Waals surface area contributed by atoms with Crippen LogP contribution in [0.5, 0.6) is 0 Å². The average Bonchev–Trinajstić information content (AvgIpc) is 2.22. The third-order valence-electron chi connectivity index (χ3n) is 2.58. The van der Waals surface area contributed by atoms with Gasteiger partial charge in [-0.05, 0) is 26.2 Å². The first-order valence-electron chi connectivity index (χ1n) is 5.12. The zero-order chi connectivity index (χ0) is 11.3. The van der Waals surface area contributed by atoms with Crippen molar-refractivity contribution in [2.24, 2.45) is 5.41 Å². The molecule has 5 heteroatoms. The lowest BCUT2D eigenvalue weighted by atomic mass is 9.79. The maximum atomic E-state index is 11.7. The van der Waals surface area contributed by atoms with Gasteiger partial charge in [0, 0.05) is 6.61 Å². The lowest BCUT2D eigenvalue weighted by molar-refractivity contribution is -0.179. The quantitative estimate of drug-likeness (QED) is 0.539. The summed E-state index contributed by atoms with van der Waals surface area (Å²) in [5, 5.41) is 8.90. The third-order valence-corrected chi connectivity index (χ3v) is 2.58. The second kappa shape index (κ2) is 5.11. The zero-order valence-electron chi connectivity index (χ0n) is 8.82. The standard InChI is InChI=1S/C10H16O5/c1-2-14-8(12)10(5-6-11)4-3-7-15-9(10)13/h11H,2-7H2,1H3/t10-/m1/s1. The Bertz CT molecular complexity index is 246. The van der Waals surface area contributed by atoms with Gasteiger partial charge in [0.05, 0.1) is 13.2 Å². The highest BCUT2D eigenvalue weighted by atomic mass is 16.6. The van der Waals surface area contributed by atoms with E-state index < -0.39 is 17.4 Å². The van der Waals surface area contributed by atoms with Gasteiger partial charge in [-0.1, -0.05) is 0 Å². The van der Waals surface area contributed by atoms with Crippen molar-refractivity contribution in [1.82, 2.24) is 0 Å². The molecular formula is C10H16O5. The van der Waals surface area contributed by atoms with E-state index in [1.807, 2.05) is 0 Å². The van der Waals surface area contributed by atoms with Crippen LogP contribution in [0.4, 0.5) is 0 Å². The number of cyclic esters (lactones) is 1. The Morgan fingerprint density at radius 3 is 2.93 bits per heavy atom. The van der Waals surface area contributed by atoms with Gasteiger partial charge < -0.3 is 14.6 Å². The van der Waals surface area contributed by atoms with Crippen molar-refractivity contribution in [3.05, 3.63) is 0 Å². The van der Waals surface area contributed by atoms with E-state index in [2.05, 4.69) is 0 Å². The van der Waals surface area contributed by atoms with E-state index in [0.717, 1.165) is 0 Å². The normalized spacial score (nSPS) is 25.9. The predicted molar refractivity (Wildman–Crippen MR) is 51.0 cm³/mol. The molecule has 1 atom stereocenters. The molecule has 15 heavy (non-hydrogen) atoms. The molecule has 0 aromatic rings. The second-order valence-electron chi connectivity index (χ2n) is 3.52. The Kier molecular flexibility index (Phi) is 4.08. The molecule has 1 N–H and O–H groups in total. The van der Waals surface area contributed by atoms with Crippen LogP contribution in [-0.4, -0.2) is 36.9 Å². The summed E-state index contributed by atoms with van der Waals surface area (Å²) in [7, 11) is 0. The van der Waals surface area contributed by atoms with Gasteiger partial charge in [-0.15, -0.1) is 0 Å². The van der Waals surface area contributed by atoms with Crippen LogP contribution in [0.15, 0.2) is 0 Å². The first kappa shape index (κ1) is 12.0. The Morgan fingerprint density at radius 2 is 2.40 bits per heavy atom. The van der Waals surface area contributed by atoms with E-state index in [4.69, 9.17) is 14.6 Å². The second-order valence-corrected chi connectivity index (χ2v) is 3.52. The lowest BCUT2D eigenvalue weighted by Crippen LogP contribution is -2.45. The largest absolute Gasteiger partial charge is 0.465 e. The fraction of sp³-hybridized carbons (Fsp3) is 0.800. The van der Waals surface area contributed by atoms with Crippen LogP contribution in [0.2, 0.25) is 0 Å². The molecule has 0 spiro atoms. The summed E-state index contributed by atoms with van der Waals surface area (Å²) in [5.41, 5.74) is -1.27. The van der Waals surface area contributed by atoms with Crippen LogP contribution in [0.25, 0.3) is 0 Å². The molecule has 1 heterocycles. The zero-order valence-corrected chi connectivity index (χ0v) is 8.82. The van der Waals surface area contributed by atoms with Crippen LogP contribution in [0, 0.1) is 5.41 Å². The molecule has 1 rings (SSSR count). The molecule has 0 amide bonds. The number of hydrogen-bond acceptors (Lipinski definition) is 5. The van der Waals surface area contributed by atoms with Gasteiger partial charge in [0.25, 0.3) is 0 Å². The van der Waals surface area contributed by atoms with Gasteiger partial charge in [-0.25, -0.2) is 0 Å². The summed E-state index contributed by atoms with van der Waals surface area (Å²) >= 11 is 0. The van der Waals surface area contributed by atoms with Crippen molar-refractivity contribution in [3.8, 4) is 0 Å². The minimum Gasteiger partial charge on any atom is -0.465 e. The van der Waals surface area contributed by atoms with Crippen molar-refractivity contribution in [1.29, 1.82) is 0 Å². The van der Waals surface area contributed by atoms with Crippen LogP contribution >= 0.6 is 0 Å². The predicted octanol–water partition coefficient (Wildman–Crippen LogP) is 0.255. The molecule has 1 saturated heterocycles. The van der Waals surface area contributed by atoms with E-state index >= 15 is 0 Å². The summed E-state index contributed by atoms with van der Waals surface area (Å²) in [6.45, 7) is 2.01. The molecule has 1 aliphatic heterocycles. The molecule has 1 fully saturated rings. The third kappa shape index (κ3) is 2.28. The van der Waals surface area contributed by atoms with Crippen LogP contribution in [0.1, 0.15) is 26.2 Å². The van der Waals surface area contributed by atoms with Gasteiger partial charge in [-0.3, -0.25) is 9.59 Å². The summed E-state index contributed by atoms with van der Waals surface area (Å²) in [5.74, 6) is -1.15. The Balaban J connectivity index is 2.84. The highest BCUT2D eigenvalue weighted by molar-refractivity contribution is 6.00. The van der Waals surface area contributed by atoms with Gasteiger partial charge in [0.15, 0.2) is 5.41 Å². The summed E-state index contributed by atoms with van der Waals surface area (Å²) in [6, 6.07) is 0. The monoisotopic (exact) mass is 216 g/mol. The maximum absolute atomic E-state index is 11.7. The molecule has 0 aromatic carbocycles. The number of rotatable bonds is 4. The van der Waals surface area contributed by atoms with Crippen molar-refractivity contribution in [2.75, 3.05) is 19.8 Å². The number of ether oxygens (including phenoxy) is 2. The number of esters is 2. The van der Waals surface area contributed by atoms with Gasteiger partial charge in [0.1, 0.15) is 0 Å². The maximum Gasteiger partial charge on any atom is 0.323 e. The minimum atomic E-state index is -1.27. The number of carbonyl (C=O) groups is 2. The van der Waals surface area contributed by atoms with Gasteiger partial charge in [0.2, 0.25) is 0 Å². The Labute approximate surface area is 88.4 Å². The van der Waals surface area contributed by atoms with Crippen molar-refractivity contribution >= 4 is 11.9 Å². The molecule has 5 nitrogen and oxygen atoms in total. The van der Waals surface area contributed by atoms with E-state index in [1.54, 1.807) is 6.92 Å². The smallest absolute Gasteiger partial charge is 0.323 e. The number of aliphatic hydroxyl groups is 1. The molecular weight excluding hydrogens is 200 g/mol. The fourth-order valence-electron chi connectivity index (χ4n) is 1.75. The van der Waals surface area contributed by atoms with Crippen LogP contribution in [-0.2, 0) is 19.1 Å². The number of carbonyl (C=O) groups excluding carboxylic acids is 2. The van der Waals surface area contributed by atoms with Gasteiger partial charge in [-0.2, -0.15) is 0 Å². The van der Waals surface area contributed by atoms with Crippen molar-refractivity contribution in [2.45, 2.75) is 26.2 Å². The molecule has 0 saturated carbocycles. The molecule has 0 unspecified atom stereocenters. The molecule has 0 aromatic heterocycles. The summed E-state index contributed by atoms with van der Waals surface area (Å²) in [4.78, 5) is 23.3. The van der Waals surface area contributed by atoms with Crippen LogP contribution < -0.4 is 0 Å². The SMILES string of the molecule is CCOC(=O)[C@]1(CCO)CCCOC1=O. The molecule has 0 radical (unpaired) electrons. The van der Waals surface area contributed by atoms with Crippen molar-refractivity contribution < 1.29 is 24.2 Å². The minimum absolute atomic E-state index is 0.0741. The van der Waals surface area contributed by atoms with E-state index in [1.165, 1.54) is 0 Å². The van der Waals surface area contributed by atoms with Gasteiger partial charge >= 0.3 is 11.9 Å². The summed E-state index contributed by atoms with van der Waals surface area (Å²) < 4.78 is 9.72. The van der Waals surface area contributed by atoms with E-state index in [9.17, 15) is 9.59 Å². The first-order chi connectivity index (χ1) is 7.17. The topological polar surface area (TPSA) is 72.8 Å². The highest BCUT2D eigenvalue weighted by Crippen LogP contribution is 2.34. The van der Waals surface area contributed by atoms with E-state index in [0.29, 0.717) is 19.4 Å². The molecule has 1 aliphatic rings. The van der Waals surface area contributed by atoms with Crippen LogP contribution in [0.3, 0.4) is 0 Å². The lowest BCUT2D eigenvalue weighted by Gasteiger charge is -2.31. The average molecular weight is 216 g/mol. The van der Waals surface area contributed by atoms with Crippen molar-refractivity contribution in [3.63, 3.8) is 0 Å². The fourth-order valence-corrected chi connectivity index (χ4v) is 1.75. The molecule has 0 bridgehead atoms. The Morgan fingerprint density at radius 1 is 1.67 bits per heavy atom. The Hall–Kier alpha value is -1.10. The highest BCUT2D eigenvalue weighted by Gasteiger charge is 2.49. The first-order valence-corrected chi connectivity index (χ1v) is 5.12. The summed E-state index contributed by atoms with van der Waals surface area (Å²) in [6.07, 6.45) is 1.10. The molecule has 86 valence electrons. The van der Waals surface area contributed by atoms with E-state index in [-0.39, 0.29) is 19.6 Å². The molecule has 0 aliphatic carbocycles. The number of hydrogen-bond donors (Lipinski definition) is 1.